The Morgan fingerprint density at radius 1 is 1.16 bits per heavy atom. The van der Waals surface area contributed by atoms with Gasteiger partial charge in [0, 0.05) is 22.0 Å². The van der Waals surface area contributed by atoms with E-state index >= 15 is 0 Å². The molecular formula is C17H22OS. The molecule has 2 atom stereocenters. The van der Waals surface area contributed by atoms with E-state index in [0.717, 1.165) is 28.9 Å². The second kappa shape index (κ2) is 5.32. The summed E-state index contributed by atoms with van der Waals surface area (Å²) in [7, 11) is 0. The Morgan fingerprint density at radius 3 is 2.53 bits per heavy atom. The van der Waals surface area contributed by atoms with E-state index in [1.54, 1.807) is 0 Å². The molecule has 0 radical (unpaired) electrons. The van der Waals surface area contributed by atoms with Gasteiger partial charge in [-0.25, -0.2) is 0 Å². The van der Waals surface area contributed by atoms with Gasteiger partial charge in [-0.05, 0) is 50.7 Å². The van der Waals surface area contributed by atoms with Crippen LogP contribution in [-0.2, 0) is 0 Å². The number of thioether (sulfide) groups is 1. The molecule has 2 unspecified atom stereocenters. The molecule has 2 fully saturated rings. The summed E-state index contributed by atoms with van der Waals surface area (Å²) >= 11 is 2.14. The molecule has 1 aromatic rings. The maximum atomic E-state index is 12.8. The average molecular weight is 274 g/mol. The van der Waals surface area contributed by atoms with E-state index in [0.29, 0.717) is 5.78 Å². The van der Waals surface area contributed by atoms with Crippen molar-refractivity contribution in [3.63, 3.8) is 0 Å². The number of Topliss-reactive ketones (excluding diaryl/α,β-unsaturated/α-hetero) is 1. The van der Waals surface area contributed by atoms with Crippen LogP contribution in [0.1, 0.15) is 53.6 Å². The smallest absolute Gasteiger partial charge is 0.166 e. The number of hydrogen-bond acceptors (Lipinski definition) is 2. The maximum Gasteiger partial charge on any atom is 0.166 e. The van der Waals surface area contributed by atoms with E-state index in [-0.39, 0.29) is 5.92 Å². The van der Waals surface area contributed by atoms with E-state index in [1.807, 2.05) is 12.1 Å². The fourth-order valence-corrected chi connectivity index (χ4v) is 5.35. The summed E-state index contributed by atoms with van der Waals surface area (Å²) in [6, 6.07) is 6.13. The summed E-state index contributed by atoms with van der Waals surface area (Å²) in [6.07, 6.45) is 6.21. The summed E-state index contributed by atoms with van der Waals surface area (Å²) in [6.45, 7) is 4.18. The minimum Gasteiger partial charge on any atom is -0.294 e. The van der Waals surface area contributed by atoms with E-state index in [9.17, 15) is 4.79 Å². The number of aryl methyl sites for hydroxylation is 1. The predicted octanol–water partition coefficient (Wildman–Crippen LogP) is 4.55. The number of carbonyl (C=O) groups excluding carboxylic acids is 1. The lowest BCUT2D eigenvalue weighted by atomic mass is 9.83. The second-order valence-electron chi connectivity index (χ2n) is 6.09. The highest BCUT2D eigenvalue weighted by Gasteiger charge is 2.36. The molecular weight excluding hydrogens is 252 g/mol. The Balaban J connectivity index is 1.82. The summed E-state index contributed by atoms with van der Waals surface area (Å²) in [4.78, 5) is 12.8. The summed E-state index contributed by atoms with van der Waals surface area (Å²) < 4.78 is 0. The zero-order chi connectivity index (χ0) is 13.4. The molecule has 0 aliphatic carbocycles. The molecule has 0 spiro atoms. The third kappa shape index (κ3) is 2.60. The van der Waals surface area contributed by atoms with Crippen LogP contribution in [0.15, 0.2) is 18.2 Å². The topological polar surface area (TPSA) is 17.1 Å². The Labute approximate surface area is 120 Å². The lowest BCUT2D eigenvalue weighted by Gasteiger charge is -2.38. The molecule has 102 valence electrons. The summed E-state index contributed by atoms with van der Waals surface area (Å²) in [5.74, 6) is 0.676. The highest BCUT2D eigenvalue weighted by Crippen LogP contribution is 2.44. The van der Waals surface area contributed by atoms with Crippen LogP contribution in [0.25, 0.3) is 0 Å². The number of benzene rings is 1. The van der Waals surface area contributed by atoms with Gasteiger partial charge in [0.15, 0.2) is 5.78 Å². The van der Waals surface area contributed by atoms with Gasteiger partial charge in [0.2, 0.25) is 0 Å². The first-order valence-electron chi connectivity index (χ1n) is 7.41. The van der Waals surface area contributed by atoms with Crippen LogP contribution in [-0.4, -0.2) is 16.3 Å². The van der Waals surface area contributed by atoms with Crippen molar-refractivity contribution in [1.82, 2.24) is 0 Å². The third-order valence-corrected chi connectivity index (χ3v) is 6.40. The van der Waals surface area contributed by atoms with Gasteiger partial charge in [-0.3, -0.25) is 4.79 Å². The molecule has 19 heavy (non-hydrogen) atoms. The predicted molar refractivity (Wildman–Crippen MR) is 82.0 cm³/mol. The van der Waals surface area contributed by atoms with Gasteiger partial charge >= 0.3 is 0 Å². The lowest BCUT2D eigenvalue weighted by Crippen LogP contribution is -2.33. The molecule has 0 saturated carbocycles. The van der Waals surface area contributed by atoms with Crippen LogP contribution >= 0.6 is 11.8 Å². The summed E-state index contributed by atoms with van der Waals surface area (Å²) in [5, 5.41) is 1.48. The minimum absolute atomic E-state index is 0.275. The van der Waals surface area contributed by atoms with Crippen LogP contribution in [0.4, 0.5) is 0 Å². The fraction of sp³-hybridized carbons (Fsp3) is 0.588. The Bertz CT molecular complexity index is 482. The monoisotopic (exact) mass is 274 g/mol. The summed E-state index contributed by atoms with van der Waals surface area (Å²) in [5.41, 5.74) is 3.38. The van der Waals surface area contributed by atoms with Crippen molar-refractivity contribution in [2.24, 2.45) is 5.92 Å². The normalized spacial score (nSPS) is 30.1. The van der Waals surface area contributed by atoms with Gasteiger partial charge in [-0.2, -0.15) is 11.8 Å². The molecule has 2 heterocycles. The van der Waals surface area contributed by atoms with Crippen LogP contribution in [0.5, 0.6) is 0 Å². The van der Waals surface area contributed by atoms with Gasteiger partial charge in [0.05, 0.1) is 0 Å². The van der Waals surface area contributed by atoms with Crippen LogP contribution < -0.4 is 0 Å². The number of ketones is 1. The first kappa shape index (κ1) is 13.2. The van der Waals surface area contributed by atoms with Crippen LogP contribution in [0.2, 0.25) is 0 Å². The Hall–Kier alpha value is -0.760. The fourth-order valence-electron chi connectivity index (χ4n) is 3.51. The number of fused-ring (bicyclic) bond motifs is 2. The van der Waals surface area contributed by atoms with Crippen molar-refractivity contribution < 1.29 is 4.79 Å². The third-order valence-electron chi connectivity index (χ3n) is 4.77. The van der Waals surface area contributed by atoms with Crippen LogP contribution in [0.3, 0.4) is 0 Å². The van der Waals surface area contributed by atoms with Crippen molar-refractivity contribution in [2.45, 2.75) is 56.5 Å². The molecule has 0 N–H and O–H groups in total. The Kier molecular flexibility index (Phi) is 3.70. The Morgan fingerprint density at radius 2 is 1.84 bits per heavy atom. The van der Waals surface area contributed by atoms with Gasteiger partial charge in [0.1, 0.15) is 0 Å². The average Bonchev–Trinajstić information content (AvgIpc) is 2.41. The molecule has 3 rings (SSSR count). The number of rotatable bonds is 2. The maximum absolute atomic E-state index is 12.8. The molecule has 2 aliphatic heterocycles. The standard InChI is InChI=1S/C17H22OS/c1-11-5-3-8-16(12(11)2)17(18)13-9-14-6-4-7-15(10-13)19-14/h3,5,8,13-15H,4,6-7,9-10H2,1-2H3. The van der Waals surface area contributed by atoms with Crippen molar-refractivity contribution >= 4 is 17.5 Å². The van der Waals surface area contributed by atoms with E-state index in [4.69, 9.17) is 0 Å². The van der Waals surface area contributed by atoms with Gasteiger partial charge in [-0.15, -0.1) is 0 Å². The molecule has 0 amide bonds. The highest BCUT2D eigenvalue weighted by molar-refractivity contribution is 8.00. The quantitative estimate of drug-likeness (QED) is 0.736. The lowest BCUT2D eigenvalue weighted by molar-refractivity contribution is 0.0896. The van der Waals surface area contributed by atoms with E-state index in [1.165, 1.54) is 30.4 Å². The SMILES string of the molecule is Cc1cccc(C(=O)C2CC3CCCC(C2)S3)c1C. The molecule has 2 bridgehead atoms. The van der Waals surface area contributed by atoms with Crippen molar-refractivity contribution in [3.8, 4) is 0 Å². The largest absolute Gasteiger partial charge is 0.294 e. The van der Waals surface area contributed by atoms with Gasteiger partial charge in [0.25, 0.3) is 0 Å². The first-order chi connectivity index (χ1) is 9.15. The zero-order valence-corrected chi connectivity index (χ0v) is 12.6. The van der Waals surface area contributed by atoms with E-state index in [2.05, 4.69) is 31.7 Å². The number of hydrogen-bond donors (Lipinski definition) is 0. The number of carbonyl (C=O) groups is 1. The van der Waals surface area contributed by atoms with Crippen molar-refractivity contribution in [3.05, 3.63) is 34.9 Å². The zero-order valence-electron chi connectivity index (χ0n) is 11.8. The van der Waals surface area contributed by atoms with Crippen molar-refractivity contribution in [1.29, 1.82) is 0 Å². The molecule has 1 aromatic carbocycles. The van der Waals surface area contributed by atoms with Gasteiger partial charge < -0.3 is 0 Å². The molecule has 2 aliphatic rings. The van der Waals surface area contributed by atoms with Crippen LogP contribution in [0, 0.1) is 19.8 Å². The molecule has 2 heteroatoms. The second-order valence-corrected chi connectivity index (χ2v) is 7.70. The molecule has 0 aromatic heterocycles. The van der Waals surface area contributed by atoms with Gasteiger partial charge in [-0.1, -0.05) is 24.6 Å². The van der Waals surface area contributed by atoms with E-state index < -0.39 is 0 Å². The minimum atomic E-state index is 0.275. The molecule has 2 saturated heterocycles. The highest BCUT2D eigenvalue weighted by atomic mass is 32.2. The molecule has 1 nitrogen and oxygen atoms in total. The van der Waals surface area contributed by atoms with Crippen molar-refractivity contribution in [2.75, 3.05) is 0 Å². The first-order valence-corrected chi connectivity index (χ1v) is 8.35.